The first-order valence-corrected chi connectivity index (χ1v) is 12.0. The highest BCUT2D eigenvalue weighted by molar-refractivity contribution is 5.96. The van der Waals surface area contributed by atoms with E-state index in [2.05, 4.69) is 12.2 Å². The van der Waals surface area contributed by atoms with Crippen LogP contribution in [0.2, 0.25) is 0 Å². The molecule has 0 aromatic carbocycles. The van der Waals surface area contributed by atoms with E-state index in [9.17, 15) is 9.59 Å². The summed E-state index contributed by atoms with van der Waals surface area (Å²) >= 11 is 0. The molecule has 7 heteroatoms. The van der Waals surface area contributed by atoms with Gasteiger partial charge in [0.15, 0.2) is 0 Å². The van der Waals surface area contributed by atoms with Gasteiger partial charge in [0.25, 0.3) is 11.5 Å². The van der Waals surface area contributed by atoms with Crippen molar-refractivity contribution in [2.45, 2.75) is 77.2 Å². The van der Waals surface area contributed by atoms with Gasteiger partial charge < -0.3 is 9.88 Å². The van der Waals surface area contributed by atoms with Crippen LogP contribution in [-0.4, -0.2) is 26.4 Å². The largest absolute Gasteiger partial charge is 0.352 e. The highest BCUT2D eigenvalue weighted by Gasteiger charge is 2.23. The van der Waals surface area contributed by atoms with E-state index in [-0.39, 0.29) is 28.6 Å². The summed E-state index contributed by atoms with van der Waals surface area (Å²) in [7, 11) is 0. The second-order valence-corrected chi connectivity index (χ2v) is 8.82. The molecule has 0 unspecified atom stereocenters. The molecular weight excluding hydrogens is 402 g/mol. The Bertz CT molecular complexity index is 1220. The van der Waals surface area contributed by atoms with E-state index in [1.807, 2.05) is 10.6 Å². The van der Waals surface area contributed by atoms with Crippen molar-refractivity contribution >= 4 is 22.6 Å². The van der Waals surface area contributed by atoms with Gasteiger partial charge in [-0.15, -0.1) is 0 Å². The summed E-state index contributed by atoms with van der Waals surface area (Å²) in [5.41, 5.74) is 1.27. The predicted molar refractivity (Wildman–Crippen MR) is 126 cm³/mol. The maximum Gasteiger partial charge on any atom is 0.267 e. The van der Waals surface area contributed by atoms with Gasteiger partial charge in [0, 0.05) is 18.8 Å². The summed E-state index contributed by atoms with van der Waals surface area (Å²) in [5, 5.41) is 12.3. The molecule has 32 heavy (non-hydrogen) atoms. The minimum absolute atomic E-state index is 0.0820. The lowest BCUT2D eigenvalue weighted by molar-refractivity contribution is 0.0950. The number of aromatic nitrogens is 3. The van der Waals surface area contributed by atoms with E-state index in [1.54, 1.807) is 24.4 Å². The number of fused-ring (bicyclic) bond motifs is 2. The molecule has 7 nitrogen and oxygen atoms in total. The molecule has 1 amide bonds. The minimum atomic E-state index is -0.283. The van der Waals surface area contributed by atoms with Gasteiger partial charge in [0.2, 0.25) is 0 Å². The van der Waals surface area contributed by atoms with E-state index in [0.29, 0.717) is 23.2 Å². The third-order valence-electron chi connectivity index (χ3n) is 6.51. The third-order valence-corrected chi connectivity index (χ3v) is 6.51. The van der Waals surface area contributed by atoms with Crippen LogP contribution in [-0.2, 0) is 0 Å². The smallest absolute Gasteiger partial charge is 0.267 e. The van der Waals surface area contributed by atoms with Crippen molar-refractivity contribution in [1.82, 2.24) is 19.3 Å². The predicted octanol–water partition coefficient (Wildman–Crippen LogP) is 4.33. The maximum absolute atomic E-state index is 13.3. The van der Waals surface area contributed by atoms with Crippen LogP contribution in [0.15, 0.2) is 35.3 Å². The van der Waals surface area contributed by atoms with Crippen LogP contribution >= 0.6 is 0 Å². The van der Waals surface area contributed by atoms with Crippen LogP contribution in [0, 0.1) is 5.41 Å². The van der Waals surface area contributed by atoms with Gasteiger partial charge >= 0.3 is 0 Å². The maximum atomic E-state index is 13.3. The Kier molecular flexibility index (Phi) is 7.02. The molecule has 0 radical (unpaired) electrons. The SMILES string of the molecule is CCCCCCCNC(=O)c1cc2c(=O)n3ccccc3nc2n(C2CCCCC2)c1=N. The lowest BCUT2D eigenvalue weighted by atomic mass is 9.94. The number of carbonyl (C=O) groups is 1. The van der Waals surface area contributed by atoms with Gasteiger partial charge in [-0.25, -0.2) is 4.98 Å². The van der Waals surface area contributed by atoms with E-state index in [1.165, 1.54) is 30.1 Å². The lowest BCUT2D eigenvalue weighted by Gasteiger charge is -2.26. The first-order valence-electron chi connectivity index (χ1n) is 12.0. The zero-order chi connectivity index (χ0) is 22.5. The number of unbranched alkanes of at least 4 members (excludes halogenated alkanes) is 4. The summed E-state index contributed by atoms with van der Waals surface area (Å²) in [6.45, 7) is 2.76. The van der Waals surface area contributed by atoms with Crippen molar-refractivity contribution in [2.24, 2.45) is 0 Å². The van der Waals surface area contributed by atoms with E-state index < -0.39 is 0 Å². The van der Waals surface area contributed by atoms with Crippen molar-refractivity contribution in [3.05, 3.63) is 51.9 Å². The van der Waals surface area contributed by atoms with Crippen LogP contribution in [0.4, 0.5) is 0 Å². The molecule has 1 aliphatic carbocycles. The van der Waals surface area contributed by atoms with Gasteiger partial charge in [0.05, 0.1) is 10.9 Å². The quantitative estimate of drug-likeness (QED) is 0.407. The molecule has 0 spiro atoms. The second-order valence-electron chi connectivity index (χ2n) is 8.82. The fourth-order valence-electron chi connectivity index (χ4n) is 4.74. The molecular formula is C25H33N5O2. The first kappa shape index (κ1) is 22.2. The highest BCUT2D eigenvalue weighted by Crippen LogP contribution is 2.29. The van der Waals surface area contributed by atoms with Gasteiger partial charge in [-0.1, -0.05) is 57.9 Å². The number of hydrogen-bond acceptors (Lipinski definition) is 4. The number of pyridine rings is 2. The van der Waals surface area contributed by atoms with Crippen molar-refractivity contribution in [1.29, 1.82) is 5.41 Å². The fourth-order valence-corrected chi connectivity index (χ4v) is 4.74. The van der Waals surface area contributed by atoms with Crippen molar-refractivity contribution < 1.29 is 4.79 Å². The molecule has 1 saturated carbocycles. The standard InChI is InChI=1S/C25H33N5O2/c1-2-3-4-5-10-15-27-24(31)19-17-20-23(28-21-14-9-11-16-29(21)25(20)32)30(22(19)26)18-12-7-6-8-13-18/h9,11,14,16-18,26H,2-8,10,12-13,15H2,1H3,(H,27,31). The molecule has 2 N–H and O–H groups in total. The molecule has 0 bridgehead atoms. The molecule has 3 heterocycles. The Hall–Kier alpha value is -2.96. The van der Waals surface area contributed by atoms with Crippen LogP contribution in [0.1, 0.15) is 87.5 Å². The molecule has 0 aliphatic heterocycles. The Morgan fingerprint density at radius 1 is 1.16 bits per heavy atom. The number of nitrogens with zero attached hydrogens (tertiary/aromatic N) is 3. The first-order chi connectivity index (χ1) is 15.6. The summed E-state index contributed by atoms with van der Waals surface area (Å²) in [4.78, 5) is 31.1. The van der Waals surface area contributed by atoms with Crippen LogP contribution in [0.25, 0.3) is 16.7 Å². The summed E-state index contributed by atoms with van der Waals surface area (Å²) in [6.07, 6.45) is 12.5. The van der Waals surface area contributed by atoms with Gasteiger partial charge in [0.1, 0.15) is 16.8 Å². The number of carbonyl (C=O) groups excluding carboxylic acids is 1. The summed E-state index contributed by atoms with van der Waals surface area (Å²) in [5.74, 6) is -0.283. The lowest BCUT2D eigenvalue weighted by Crippen LogP contribution is -2.37. The molecule has 1 aliphatic rings. The minimum Gasteiger partial charge on any atom is -0.352 e. The molecule has 1 fully saturated rings. The Morgan fingerprint density at radius 3 is 2.72 bits per heavy atom. The van der Waals surface area contributed by atoms with Crippen LogP contribution in [0.3, 0.4) is 0 Å². The average molecular weight is 436 g/mol. The molecule has 170 valence electrons. The van der Waals surface area contributed by atoms with Crippen molar-refractivity contribution in [2.75, 3.05) is 6.54 Å². The molecule has 3 aromatic rings. The zero-order valence-corrected chi connectivity index (χ0v) is 18.9. The normalized spacial score (nSPS) is 14.8. The van der Waals surface area contributed by atoms with Crippen molar-refractivity contribution in [3.63, 3.8) is 0 Å². The third kappa shape index (κ3) is 4.47. The van der Waals surface area contributed by atoms with Crippen LogP contribution in [0.5, 0.6) is 0 Å². The van der Waals surface area contributed by atoms with Gasteiger partial charge in [-0.2, -0.15) is 0 Å². The number of nitrogens with one attached hydrogen (secondary N) is 2. The summed E-state index contributed by atoms with van der Waals surface area (Å²) < 4.78 is 3.35. The van der Waals surface area contributed by atoms with E-state index >= 15 is 0 Å². The van der Waals surface area contributed by atoms with Gasteiger partial charge in [-0.3, -0.25) is 19.4 Å². The van der Waals surface area contributed by atoms with Crippen molar-refractivity contribution in [3.8, 4) is 0 Å². The van der Waals surface area contributed by atoms with Gasteiger partial charge in [-0.05, 0) is 37.5 Å². The van der Waals surface area contributed by atoms with E-state index in [0.717, 1.165) is 38.5 Å². The Morgan fingerprint density at radius 2 is 1.94 bits per heavy atom. The topological polar surface area (TPSA) is 92.2 Å². The molecule has 0 atom stereocenters. The molecule has 0 saturated heterocycles. The van der Waals surface area contributed by atoms with Crippen LogP contribution < -0.4 is 16.4 Å². The van der Waals surface area contributed by atoms with E-state index in [4.69, 9.17) is 10.4 Å². The monoisotopic (exact) mass is 435 g/mol. The second kappa shape index (κ2) is 10.1. The molecule has 4 rings (SSSR count). The number of hydrogen-bond donors (Lipinski definition) is 2. The fraction of sp³-hybridized carbons (Fsp3) is 0.520. The number of amides is 1. The Balaban J connectivity index is 1.76. The zero-order valence-electron chi connectivity index (χ0n) is 18.9. The Labute approximate surface area is 188 Å². The molecule has 3 aromatic heterocycles. The average Bonchev–Trinajstić information content (AvgIpc) is 2.81. The summed E-state index contributed by atoms with van der Waals surface area (Å²) in [6, 6.07) is 7.09. The highest BCUT2D eigenvalue weighted by atomic mass is 16.1. The number of rotatable bonds is 8.